The Kier molecular flexibility index (Phi) is 7.22. The first-order chi connectivity index (χ1) is 12.3. The number of methoxy groups -OCH3 is 2. The molecule has 0 atom stereocenters. The van der Waals surface area contributed by atoms with E-state index >= 15 is 0 Å². The Hall–Kier alpha value is -1.87. The summed E-state index contributed by atoms with van der Waals surface area (Å²) < 4.78 is 39.9. The van der Waals surface area contributed by atoms with Crippen LogP contribution in [0.25, 0.3) is 0 Å². The molecule has 0 saturated carbocycles. The minimum absolute atomic E-state index is 0.0210. The minimum Gasteiger partial charge on any atom is -0.455 e. The molecule has 0 aliphatic heterocycles. The highest BCUT2D eigenvalue weighted by Gasteiger charge is 2.18. The lowest BCUT2D eigenvalue weighted by Gasteiger charge is -2.13. The first-order valence-electron chi connectivity index (χ1n) is 7.70. The highest BCUT2D eigenvalue weighted by atomic mass is 35.5. The lowest BCUT2D eigenvalue weighted by Crippen LogP contribution is -2.33. The summed E-state index contributed by atoms with van der Waals surface area (Å²) in [6.45, 7) is 0.136. The molecule has 1 N–H and O–H groups in total. The maximum absolute atomic E-state index is 12.3. The second-order valence-electron chi connectivity index (χ2n) is 5.54. The SMILES string of the molecule is COC(CNC(=O)c1ccc(CS(=O)(=O)Cc2ccc(Cl)cc2)o1)OC. The Morgan fingerprint density at radius 1 is 1.12 bits per heavy atom. The molecule has 0 unspecified atom stereocenters. The molecule has 142 valence electrons. The van der Waals surface area contributed by atoms with E-state index in [1.54, 1.807) is 24.3 Å². The molecule has 1 amide bonds. The van der Waals surface area contributed by atoms with Crippen molar-refractivity contribution in [3.05, 3.63) is 58.5 Å². The summed E-state index contributed by atoms with van der Waals surface area (Å²) in [7, 11) is -0.545. The molecule has 0 aliphatic carbocycles. The van der Waals surface area contributed by atoms with E-state index in [-0.39, 0.29) is 29.6 Å². The number of hydrogen-bond donors (Lipinski definition) is 1. The number of furan rings is 1. The molecule has 2 rings (SSSR count). The monoisotopic (exact) mass is 401 g/mol. The van der Waals surface area contributed by atoms with Crippen molar-refractivity contribution in [2.24, 2.45) is 0 Å². The number of rotatable bonds is 9. The number of amides is 1. The maximum atomic E-state index is 12.3. The molecule has 0 spiro atoms. The second kappa shape index (κ2) is 9.18. The van der Waals surface area contributed by atoms with Crippen LogP contribution in [0.1, 0.15) is 21.9 Å². The Labute approximate surface area is 157 Å². The van der Waals surface area contributed by atoms with Gasteiger partial charge >= 0.3 is 0 Å². The van der Waals surface area contributed by atoms with E-state index in [1.807, 2.05) is 0 Å². The maximum Gasteiger partial charge on any atom is 0.287 e. The van der Waals surface area contributed by atoms with Gasteiger partial charge in [0.25, 0.3) is 5.91 Å². The van der Waals surface area contributed by atoms with Gasteiger partial charge in [0.1, 0.15) is 11.5 Å². The van der Waals surface area contributed by atoms with Gasteiger partial charge in [-0.25, -0.2) is 8.42 Å². The van der Waals surface area contributed by atoms with Gasteiger partial charge in [0.05, 0.1) is 12.3 Å². The summed E-state index contributed by atoms with van der Waals surface area (Å²) in [6, 6.07) is 9.48. The number of carbonyl (C=O) groups is 1. The largest absolute Gasteiger partial charge is 0.455 e. The fourth-order valence-corrected chi connectivity index (χ4v) is 3.72. The van der Waals surface area contributed by atoms with Crippen molar-refractivity contribution in [3.63, 3.8) is 0 Å². The van der Waals surface area contributed by atoms with Crippen molar-refractivity contribution in [1.29, 1.82) is 0 Å². The van der Waals surface area contributed by atoms with Gasteiger partial charge in [0.15, 0.2) is 21.9 Å². The summed E-state index contributed by atoms with van der Waals surface area (Å²) in [5.74, 6) is -0.713. The van der Waals surface area contributed by atoms with Gasteiger partial charge in [-0.1, -0.05) is 23.7 Å². The molecule has 1 heterocycles. The van der Waals surface area contributed by atoms with Gasteiger partial charge < -0.3 is 19.2 Å². The average Bonchev–Trinajstić information content (AvgIpc) is 3.05. The van der Waals surface area contributed by atoms with Gasteiger partial charge in [-0.15, -0.1) is 0 Å². The number of ether oxygens (including phenoxy) is 2. The van der Waals surface area contributed by atoms with E-state index in [2.05, 4.69) is 5.32 Å². The van der Waals surface area contributed by atoms with Gasteiger partial charge in [0.2, 0.25) is 0 Å². The molecule has 1 aromatic heterocycles. The van der Waals surface area contributed by atoms with Crippen LogP contribution in [0.15, 0.2) is 40.8 Å². The molecule has 2 aromatic rings. The summed E-state index contributed by atoms with van der Waals surface area (Å²) in [5.41, 5.74) is 0.629. The van der Waals surface area contributed by atoms with Crippen molar-refractivity contribution in [2.45, 2.75) is 17.8 Å². The normalized spacial score (nSPS) is 11.7. The van der Waals surface area contributed by atoms with Crippen molar-refractivity contribution < 1.29 is 27.1 Å². The lowest BCUT2D eigenvalue weighted by atomic mass is 10.2. The van der Waals surface area contributed by atoms with Crippen LogP contribution in [-0.4, -0.2) is 41.4 Å². The Morgan fingerprint density at radius 3 is 2.38 bits per heavy atom. The molecule has 0 radical (unpaired) electrons. The number of carbonyl (C=O) groups excluding carboxylic acids is 1. The van der Waals surface area contributed by atoms with Gasteiger partial charge in [-0.05, 0) is 29.8 Å². The molecule has 9 heteroatoms. The summed E-state index contributed by atoms with van der Waals surface area (Å²) in [4.78, 5) is 12.0. The fraction of sp³-hybridized carbons (Fsp3) is 0.353. The number of nitrogens with one attached hydrogen (secondary N) is 1. The Morgan fingerprint density at radius 2 is 1.77 bits per heavy atom. The van der Waals surface area contributed by atoms with E-state index in [0.29, 0.717) is 10.6 Å². The molecule has 0 fully saturated rings. The third-order valence-corrected chi connectivity index (χ3v) is 5.25. The first-order valence-corrected chi connectivity index (χ1v) is 9.90. The smallest absolute Gasteiger partial charge is 0.287 e. The van der Waals surface area contributed by atoms with Crippen LogP contribution in [0.2, 0.25) is 5.02 Å². The fourth-order valence-electron chi connectivity index (χ4n) is 2.21. The van der Waals surface area contributed by atoms with Gasteiger partial charge in [-0.2, -0.15) is 0 Å². The van der Waals surface area contributed by atoms with Crippen LogP contribution in [-0.2, 0) is 30.8 Å². The van der Waals surface area contributed by atoms with Crippen LogP contribution in [0, 0.1) is 0 Å². The van der Waals surface area contributed by atoms with E-state index in [1.165, 1.54) is 26.4 Å². The average molecular weight is 402 g/mol. The standard InChI is InChI=1S/C17H20ClNO6S/c1-23-16(24-2)9-19-17(20)15-8-7-14(25-15)11-26(21,22)10-12-3-5-13(18)6-4-12/h3-8,16H,9-11H2,1-2H3,(H,19,20). The van der Waals surface area contributed by atoms with Gasteiger partial charge in [-0.3, -0.25) is 4.79 Å². The number of halogens is 1. The van der Waals surface area contributed by atoms with Crippen LogP contribution in [0.4, 0.5) is 0 Å². The molecule has 7 nitrogen and oxygen atoms in total. The zero-order valence-electron chi connectivity index (χ0n) is 14.4. The van der Waals surface area contributed by atoms with Crippen molar-refractivity contribution in [2.75, 3.05) is 20.8 Å². The van der Waals surface area contributed by atoms with Crippen molar-refractivity contribution >= 4 is 27.3 Å². The molecular weight excluding hydrogens is 382 g/mol. The van der Waals surface area contributed by atoms with E-state index in [0.717, 1.165) is 0 Å². The highest BCUT2D eigenvalue weighted by molar-refractivity contribution is 7.89. The van der Waals surface area contributed by atoms with E-state index in [9.17, 15) is 13.2 Å². The Bertz CT molecular complexity index is 827. The lowest BCUT2D eigenvalue weighted by molar-refractivity contribution is -0.0975. The summed E-state index contributed by atoms with van der Waals surface area (Å²) in [5, 5.41) is 3.12. The van der Waals surface area contributed by atoms with E-state index < -0.39 is 22.0 Å². The summed E-state index contributed by atoms with van der Waals surface area (Å²) in [6.07, 6.45) is -0.576. The predicted molar refractivity (Wildman–Crippen MR) is 96.6 cm³/mol. The highest BCUT2D eigenvalue weighted by Crippen LogP contribution is 2.17. The quantitative estimate of drug-likeness (QED) is 0.648. The number of hydrogen-bond acceptors (Lipinski definition) is 6. The number of sulfone groups is 1. The van der Waals surface area contributed by atoms with Gasteiger partial charge in [0, 0.05) is 19.2 Å². The second-order valence-corrected chi connectivity index (χ2v) is 8.04. The first kappa shape index (κ1) is 20.4. The molecule has 0 aliphatic rings. The molecule has 1 aromatic carbocycles. The van der Waals surface area contributed by atoms with Crippen molar-refractivity contribution in [1.82, 2.24) is 5.32 Å². The zero-order chi connectivity index (χ0) is 19.2. The third-order valence-electron chi connectivity index (χ3n) is 3.50. The summed E-state index contributed by atoms with van der Waals surface area (Å²) >= 11 is 5.79. The minimum atomic E-state index is -3.46. The van der Waals surface area contributed by atoms with Crippen LogP contribution >= 0.6 is 11.6 Å². The van der Waals surface area contributed by atoms with Crippen LogP contribution in [0.5, 0.6) is 0 Å². The Balaban J connectivity index is 1.96. The topological polar surface area (TPSA) is 94.8 Å². The zero-order valence-corrected chi connectivity index (χ0v) is 16.0. The van der Waals surface area contributed by atoms with Crippen LogP contribution < -0.4 is 5.32 Å². The third kappa shape index (κ3) is 6.14. The van der Waals surface area contributed by atoms with E-state index in [4.69, 9.17) is 25.5 Å². The predicted octanol–water partition coefficient (Wildman–Crippen LogP) is 2.40. The molecule has 0 saturated heterocycles. The molecule has 0 bridgehead atoms. The molecule has 26 heavy (non-hydrogen) atoms. The number of benzene rings is 1. The molecular formula is C17H20ClNO6S. The van der Waals surface area contributed by atoms with Crippen molar-refractivity contribution in [3.8, 4) is 0 Å². The van der Waals surface area contributed by atoms with Crippen LogP contribution in [0.3, 0.4) is 0 Å².